The number of benzene rings is 2. The van der Waals surface area contributed by atoms with E-state index in [1.54, 1.807) is 31.2 Å². The number of oxazole rings is 1. The minimum Gasteiger partial charge on any atom is -0.441 e. The first-order chi connectivity index (χ1) is 17.0. The van der Waals surface area contributed by atoms with Crippen molar-refractivity contribution in [1.82, 2.24) is 25.6 Å². The molecule has 0 unspecified atom stereocenters. The van der Waals surface area contributed by atoms with Gasteiger partial charge in [0.25, 0.3) is 11.5 Å². The third-order valence-electron chi connectivity index (χ3n) is 5.61. The molecule has 0 bridgehead atoms. The number of unbranched alkanes of at least 4 members (excludes halogenated alkanes) is 2. The molecule has 2 N–H and O–H groups in total. The fourth-order valence-electron chi connectivity index (χ4n) is 3.74. The number of rotatable bonds is 8. The highest BCUT2D eigenvalue weighted by Gasteiger charge is 2.19. The second kappa shape index (κ2) is 10.8. The minimum absolute atomic E-state index is 0.0704. The summed E-state index contributed by atoms with van der Waals surface area (Å²) in [5, 5.41) is 5.13. The number of hydrogen-bond donors (Lipinski definition) is 2. The molecule has 0 saturated carbocycles. The lowest BCUT2D eigenvalue weighted by Crippen LogP contribution is -2.43. The van der Waals surface area contributed by atoms with Crippen LogP contribution in [0.4, 0.5) is 0 Å². The molecular weight excluding hydrogens is 446 g/mol. The standard InChI is InChI=1S/C26H27N5O4/c1-3-4-10-15-31-26(34)20-14-9-8-13-19(20)23(30-31)24(33)29-28-22(32)16-21-17(2)35-25(27-21)18-11-6-5-7-12-18/h5-9,11-14H,3-4,10,15-16H2,1-2H3,(H,28,32)(H,29,33). The molecule has 0 saturated heterocycles. The van der Waals surface area contributed by atoms with Gasteiger partial charge in [-0.25, -0.2) is 9.67 Å². The quantitative estimate of drug-likeness (QED) is 0.298. The van der Waals surface area contributed by atoms with Gasteiger partial charge in [-0.1, -0.05) is 56.2 Å². The van der Waals surface area contributed by atoms with E-state index in [4.69, 9.17) is 4.42 Å². The van der Waals surface area contributed by atoms with Crippen LogP contribution in [0.5, 0.6) is 0 Å². The molecule has 0 atom stereocenters. The van der Waals surface area contributed by atoms with Crippen molar-refractivity contribution >= 4 is 22.6 Å². The van der Waals surface area contributed by atoms with Crippen LogP contribution in [0.1, 0.15) is 48.1 Å². The summed E-state index contributed by atoms with van der Waals surface area (Å²) in [7, 11) is 0. The maximum Gasteiger partial charge on any atom is 0.290 e. The molecule has 2 aromatic heterocycles. The zero-order chi connectivity index (χ0) is 24.8. The summed E-state index contributed by atoms with van der Waals surface area (Å²) in [6.07, 6.45) is 2.65. The van der Waals surface area contributed by atoms with Gasteiger partial charge in [-0.2, -0.15) is 5.10 Å². The van der Waals surface area contributed by atoms with E-state index in [0.717, 1.165) is 24.8 Å². The minimum atomic E-state index is -0.611. The van der Waals surface area contributed by atoms with Gasteiger partial charge in [-0.15, -0.1) is 0 Å². The molecule has 2 heterocycles. The third-order valence-corrected chi connectivity index (χ3v) is 5.61. The Hall–Kier alpha value is -4.27. The number of hydrogen-bond acceptors (Lipinski definition) is 6. The number of carbonyl (C=O) groups is 2. The molecule has 2 amide bonds. The molecule has 4 rings (SSSR count). The Morgan fingerprint density at radius 3 is 2.43 bits per heavy atom. The Bertz CT molecular complexity index is 1410. The Labute approximate surface area is 202 Å². The van der Waals surface area contributed by atoms with E-state index in [-0.39, 0.29) is 17.7 Å². The van der Waals surface area contributed by atoms with Crippen LogP contribution in [0.2, 0.25) is 0 Å². The predicted octanol–water partition coefficient (Wildman–Crippen LogP) is 3.55. The topological polar surface area (TPSA) is 119 Å². The maximum absolute atomic E-state index is 12.9. The Kier molecular flexibility index (Phi) is 7.35. The zero-order valence-electron chi connectivity index (χ0n) is 19.7. The van der Waals surface area contributed by atoms with Crippen molar-refractivity contribution in [3.8, 4) is 11.5 Å². The number of nitrogens with zero attached hydrogens (tertiary/aromatic N) is 3. The fraction of sp³-hybridized carbons (Fsp3) is 0.269. The SMILES string of the molecule is CCCCCn1nc(C(=O)NNC(=O)Cc2nc(-c3ccccc3)oc2C)c2ccccc2c1=O. The maximum atomic E-state index is 12.9. The fourth-order valence-corrected chi connectivity index (χ4v) is 3.74. The van der Waals surface area contributed by atoms with Crippen molar-refractivity contribution < 1.29 is 14.0 Å². The molecule has 2 aromatic carbocycles. The predicted molar refractivity (Wildman–Crippen MR) is 132 cm³/mol. The van der Waals surface area contributed by atoms with Crippen LogP contribution in [0.3, 0.4) is 0 Å². The van der Waals surface area contributed by atoms with Crippen LogP contribution >= 0.6 is 0 Å². The molecule has 0 spiro atoms. The molecule has 35 heavy (non-hydrogen) atoms. The molecule has 0 aliphatic carbocycles. The lowest BCUT2D eigenvalue weighted by atomic mass is 10.1. The van der Waals surface area contributed by atoms with Crippen LogP contribution < -0.4 is 16.4 Å². The van der Waals surface area contributed by atoms with Gasteiger partial charge in [0.05, 0.1) is 17.5 Å². The molecule has 0 aliphatic rings. The summed E-state index contributed by atoms with van der Waals surface area (Å²) in [5.74, 6) is -0.122. The van der Waals surface area contributed by atoms with Crippen molar-refractivity contribution in [3.05, 3.63) is 82.1 Å². The van der Waals surface area contributed by atoms with Gasteiger partial charge < -0.3 is 4.42 Å². The van der Waals surface area contributed by atoms with Gasteiger partial charge >= 0.3 is 0 Å². The first kappa shape index (κ1) is 23.9. The number of amides is 2. The number of nitrogens with one attached hydrogen (secondary N) is 2. The smallest absolute Gasteiger partial charge is 0.290 e. The van der Waals surface area contributed by atoms with E-state index in [1.165, 1.54) is 4.68 Å². The Balaban J connectivity index is 1.47. The summed E-state index contributed by atoms with van der Waals surface area (Å²) in [4.78, 5) is 42.6. The van der Waals surface area contributed by atoms with Crippen LogP contribution in [0.25, 0.3) is 22.2 Å². The lowest BCUT2D eigenvalue weighted by Gasteiger charge is -2.11. The summed E-state index contributed by atoms with van der Waals surface area (Å²) in [5.41, 5.74) is 5.93. The van der Waals surface area contributed by atoms with Crippen molar-refractivity contribution in [2.45, 2.75) is 46.1 Å². The number of aromatic nitrogens is 3. The van der Waals surface area contributed by atoms with Gasteiger partial charge in [0, 0.05) is 17.5 Å². The van der Waals surface area contributed by atoms with Gasteiger partial charge in [0.15, 0.2) is 5.69 Å². The van der Waals surface area contributed by atoms with E-state index in [9.17, 15) is 14.4 Å². The highest BCUT2D eigenvalue weighted by molar-refractivity contribution is 6.05. The highest BCUT2D eigenvalue weighted by Crippen LogP contribution is 2.21. The third kappa shape index (κ3) is 5.46. The van der Waals surface area contributed by atoms with E-state index in [2.05, 4.69) is 27.9 Å². The normalized spacial score (nSPS) is 10.9. The van der Waals surface area contributed by atoms with Gasteiger partial charge in [-0.3, -0.25) is 25.2 Å². The van der Waals surface area contributed by atoms with Crippen LogP contribution in [-0.2, 0) is 17.8 Å². The van der Waals surface area contributed by atoms with E-state index < -0.39 is 11.8 Å². The van der Waals surface area contributed by atoms with E-state index in [0.29, 0.717) is 34.7 Å². The van der Waals surface area contributed by atoms with Gasteiger partial charge in [0.1, 0.15) is 5.76 Å². The van der Waals surface area contributed by atoms with Gasteiger partial charge in [0.2, 0.25) is 11.8 Å². The summed E-state index contributed by atoms with van der Waals surface area (Å²) < 4.78 is 7.01. The summed E-state index contributed by atoms with van der Waals surface area (Å²) in [6, 6.07) is 16.2. The summed E-state index contributed by atoms with van der Waals surface area (Å²) >= 11 is 0. The highest BCUT2D eigenvalue weighted by atomic mass is 16.4. The second-order valence-corrected chi connectivity index (χ2v) is 8.20. The molecule has 9 heteroatoms. The number of hydrazine groups is 1. The lowest BCUT2D eigenvalue weighted by molar-refractivity contribution is -0.121. The Morgan fingerprint density at radius 2 is 1.69 bits per heavy atom. The van der Waals surface area contributed by atoms with Gasteiger partial charge in [-0.05, 0) is 31.5 Å². The number of carbonyl (C=O) groups excluding carboxylic acids is 2. The molecular formula is C26H27N5O4. The van der Waals surface area contributed by atoms with Crippen molar-refractivity contribution in [2.75, 3.05) is 0 Å². The Morgan fingerprint density at radius 1 is 0.971 bits per heavy atom. The van der Waals surface area contributed by atoms with Crippen LogP contribution in [-0.4, -0.2) is 26.6 Å². The average molecular weight is 474 g/mol. The largest absolute Gasteiger partial charge is 0.441 e. The molecule has 4 aromatic rings. The zero-order valence-corrected chi connectivity index (χ0v) is 19.7. The van der Waals surface area contributed by atoms with Crippen molar-refractivity contribution in [3.63, 3.8) is 0 Å². The summed E-state index contributed by atoms with van der Waals surface area (Å²) in [6.45, 7) is 4.22. The average Bonchev–Trinajstić information content (AvgIpc) is 3.24. The molecule has 9 nitrogen and oxygen atoms in total. The van der Waals surface area contributed by atoms with Crippen LogP contribution in [0, 0.1) is 6.92 Å². The van der Waals surface area contributed by atoms with E-state index in [1.807, 2.05) is 30.3 Å². The van der Waals surface area contributed by atoms with Crippen molar-refractivity contribution in [2.24, 2.45) is 0 Å². The number of aryl methyl sites for hydroxylation is 2. The first-order valence-corrected chi connectivity index (χ1v) is 11.6. The first-order valence-electron chi connectivity index (χ1n) is 11.6. The van der Waals surface area contributed by atoms with Crippen molar-refractivity contribution in [1.29, 1.82) is 0 Å². The monoisotopic (exact) mass is 473 g/mol. The molecule has 0 fully saturated rings. The van der Waals surface area contributed by atoms with E-state index >= 15 is 0 Å². The molecule has 0 radical (unpaired) electrons. The second-order valence-electron chi connectivity index (χ2n) is 8.20. The van der Waals surface area contributed by atoms with Crippen LogP contribution in [0.15, 0.2) is 63.8 Å². The number of fused-ring (bicyclic) bond motifs is 1. The molecule has 0 aliphatic heterocycles. The molecule has 180 valence electrons.